The van der Waals surface area contributed by atoms with Crippen LogP contribution in [0.3, 0.4) is 0 Å². The number of fused-ring (bicyclic) bond motifs is 2. The van der Waals surface area contributed by atoms with Gasteiger partial charge >= 0.3 is 0 Å². The largest absolute Gasteiger partial charge is 0.399 e. The van der Waals surface area contributed by atoms with Gasteiger partial charge in [-0.2, -0.15) is 0 Å². The van der Waals surface area contributed by atoms with Gasteiger partial charge in [0.2, 0.25) is 0 Å². The van der Waals surface area contributed by atoms with E-state index in [0.29, 0.717) is 0 Å². The monoisotopic (exact) mass is 401 g/mol. The molecule has 0 bridgehead atoms. The predicted molar refractivity (Wildman–Crippen MR) is 132 cm³/mol. The zero-order valence-corrected chi connectivity index (χ0v) is 17.4. The summed E-state index contributed by atoms with van der Waals surface area (Å²) in [6, 6.07) is 31.3. The van der Waals surface area contributed by atoms with E-state index >= 15 is 0 Å². The Kier molecular flexibility index (Phi) is 4.93. The van der Waals surface area contributed by atoms with Crippen LogP contribution in [0.15, 0.2) is 96.0 Å². The van der Waals surface area contributed by atoms with Crippen LogP contribution in [0, 0.1) is 0 Å². The summed E-state index contributed by atoms with van der Waals surface area (Å²) in [5.41, 5.74) is 14.2. The van der Waals surface area contributed by atoms with Crippen LogP contribution in [0.5, 0.6) is 0 Å². The summed E-state index contributed by atoms with van der Waals surface area (Å²) in [4.78, 5) is 9.42. The Hall–Kier alpha value is -3.98. The summed E-state index contributed by atoms with van der Waals surface area (Å²) in [7, 11) is 0. The summed E-state index contributed by atoms with van der Waals surface area (Å²) in [5, 5.41) is 2.18. The van der Waals surface area contributed by atoms with Crippen LogP contribution in [-0.2, 0) is 6.42 Å². The molecule has 1 aromatic heterocycles. The molecule has 3 nitrogen and oxygen atoms in total. The average molecular weight is 402 g/mol. The van der Waals surface area contributed by atoms with E-state index in [-0.39, 0.29) is 0 Å². The van der Waals surface area contributed by atoms with Gasteiger partial charge in [0.25, 0.3) is 0 Å². The fourth-order valence-corrected chi connectivity index (χ4v) is 3.75. The third-order valence-corrected chi connectivity index (χ3v) is 5.59. The standard InChI is InChI=1S/C28H23N3/c1-2-19-3-7-21(8-4-19)22-9-5-20(6-10-22)18-30-26-14-12-24-15-23-11-13-25(29)16-27(23)31-28(24)17-26/h3-18H,2,29H2,1H3. The van der Waals surface area contributed by atoms with Gasteiger partial charge in [-0.3, -0.25) is 4.99 Å². The Morgan fingerprint density at radius 2 is 1.39 bits per heavy atom. The second-order valence-electron chi connectivity index (χ2n) is 7.75. The third-order valence-electron chi connectivity index (χ3n) is 5.59. The van der Waals surface area contributed by atoms with Crippen molar-refractivity contribution in [2.24, 2.45) is 4.99 Å². The molecule has 0 saturated carbocycles. The van der Waals surface area contributed by atoms with Crippen molar-refractivity contribution in [1.82, 2.24) is 4.98 Å². The smallest absolute Gasteiger partial charge is 0.0731 e. The summed E-state index contributed by atoms with van der Waals surface area (Å²) in [6.07, 6.45) is 2.95. The van der Waals surface area contributed by atoms with E-state index in [4.69, 9.17) is 10.7 Å². The summed E-state index contributed by atoms with van der Waals surface area (Å²) in [5.74, 6) is 0. The van der Waals surface area contributed by atoms with Gasteiger partial charge < -0.3 is 5.73 Å². The van der Waals surface area contributed by atoms with Crippen molar-refractivity contribution in [3.8, 4) is 11.1 Å². The van der Waals surface area contributed by atoms with Gasteiger partial charge in [0, 0.05) is 22.7 Å². The van der Waals surface area contributed by atoms with Crippen molar-refractivity contribution in [1.29, 1.82) is 0 Å². The molecule has 5 rings (SSSR count). The quantitative estimate of drug-likeness (QED) is 0.201. The molecule has 0 atom stereocenters. The summed E-state index contributed by atoms with van der Waals surface area (Å²) >= 11 is 0. The molecule has 31 heavy (non-hydrogen) atoms. The SMILES string of the molecule is CCc1ccc(-c2ccc(C=Nc3ccc4cc5ccc(N)cc5nc4c3)cc2)cc1. The van der Waals surface area contributed by atoms with Crippen LogP contribution < -0.4 is 5.73 Å². The minimum atomic E-state index is 0.721. The molecule has 0 fully saturated rings. The topological polar surface area (TPSA) is 51.3 Å². The highest BCUT2D eigenvalue weighted by molar-refractivity contribution is 5.95. The molecule has 0 aliphatic rings. The lowest BCUT2D eigenvalue weighted by atomic mass is 10.0. The molecule has 4 aromatic carbocycles. The van der Waals surface area contributed by atoms with Crippen LogP contribution in [0.25, 0.3) is 32.9 Å². The lowest BCUT2D eigenvalue weighted by Gasteiger charge is -2.04. The number of aromatic nitrogens is 1. The van der Waals surface area contributed by atoms with Crippen molar-refractivity contribution in [2.75, 3.05) is 5.73 Å². The zero-order valence-electron chi connectivity index (χ0n) is 17.4. The van der Waals surface area contributed by atoms with Crippen LogP contribution in [-0.4, -0.2) is 11.2 Å². The van der Waals surface area contributed by atoms with Crippen LogP contribution in [0.2, 0.25) is 0 Å². The van der Waals surface area contributed by atoms with Gasteiger partial charge in [0.05, 0.1) is 16.7 Å². The second kappa shape index (κ2) is 8.04. The van der Waals surface area contributed by atoms with Gasteiger partial charge in [-0.05, 0) is 59.0 Å². The van der Waals surface area contributed by atoms with E-state index in [1.807, 2.05) is 36.5 Å². The van der Waals surface area contributed by atoms with E-state index < -0.39 is 0 Å². The van der Waals surface area contributed by atoms with Crippen molar-refractivity contribution < 1.29 is 0 Å². The summed E-state index contributed by atoms with van der Waals surface area (Å²) < 4.78 is 0. The average Bonchev–Trinajstić information content (AvgIpc) is 2.82. The maximum absolute atomic E-state index is 5.91. The number of hydrogen-bond acceptors (Lipinski definition) is 3. The number of nitrogens with two attached hydrogens (primary N) is 1. The highest BCUT2D eigenvalue weighted by atomic mass is 14.7. The number of aliphatic imine (C=N–C) groups is 1. The minimum Gasteiger partial charge on any atom is -0.399 e. The van der Waals surface area contributed by atoms with Gasteiger partial charge in [-0.25, -0.2) is 4.98 Å². The maximum atomic E-state index is 5.91. The molecule has 0 unspecified atom stereocenters. The molecular weight excluding hydrogens is 378 g/mol. The molecular formula is C28H23N3. The Balaban J connectivity index is 1.39. The van der Waals surface area contributed by atoms with E-state index in [9.17, 15) is 0 Å². The maximum Gasteiger partial charge on any atom is 0.0731 e. The first-order valence-electron chi connectivity index (χ1n) is 10.5. The molecule has 0 aliphatic heterocycles. The molecule has 5 aromatic rings. The van der Waals surface area contributed by atoms with E-state index in [0.717, 1.165) is 45.2 Å². The van der Waals surface area contributed by atoms with Crippen molar-refractivity contribution in [3.05, 3.63) is 102 Å². The van der Waals surface area contributed by atoms with Gasteiger partial charge in [-0.15, -0.1) is 0 Å². The zero-order chi connectivity index (χ0) is 21.2. The lowest BCUT2D eigenvalue weighted by molar-refractivity contribution is 1.14. The van der Waals surface area contributed by atoms with Crippen LogP contribution in [0.1, 0.15) is 18.1 Å². The third kappa shape index (κ3) is 4.03. The molecule has 0 saturated heterocycles. The van der Waals surface area contributed by atoms with Gasteiger partial charge in [0.1, 0.15) is 0 Å². The Morgan fingerprint density at radius 3 is 2.10 bits per heavy atom. The molecule has 1 heterocycles. The first kappa shape index (κ1) is 19.0. The molecule has 2 N–H and O–H groups in total. The predicted octanol–water partition coefficient (Wildman–Crippen LogP) is 6.95. The number of anilines is 1. The number of rotatable bonds is 4. The van der Waals surface area contributed by atoms with Crippen molar-refractivity contribution in [3.63, 3.8) is 0 Å². The first-order valence-corrected chi connectivity index (χ1v) is 10.5. The number of hydrogen-bond donors (Lipinski definition) is 1. The fraction of sp³-hybridized carbons (Fsp3) is 0.0714. The number of benzene rings is 4. The molecule has 150 valence electrons. The van der Waals surface area contributed by atoms with Crippen LogP contribution >= 0.6 is 0 Å². The van der Waals surface area contributed by atoms with Crippen LogP contribution in [0.4, 0.5) is 11.4 Å². The Morgan fingerprint density at radius 1 is 0.742 bits per heavy atom. The minimum absolute atomic E-state index is 0.721. The summed E-state index contributed by atoms with van der Waals surface area (Å²) in [6.45, 7) is 2.17. The Labute approximate surface area is 181 Å². The number of pyridine rings is 1. The molecule has 0 aliphatic carbocycles. The Bertz CT molecular complexity index is 1400. The lowest BCUT2D eigenvalue weighted by Crippen LogP contribution is -1.87. The van der Waals surface area contributed by atoms with Crippen molar-refractivity contribution in [2.45, 2.75) is 13.3 Å². The highest BCUT2D eigenvalue weighted by Crippen LogP contribution is 2.25. The highest BCUT2D eigenvalue weighted by Gasteiger charge is 2.02. The molecule has 3 heteroatoms. The number of nitrogen functional groups attached to an aromatic ring is 1. The first-order chi connectivity index (χ1) is 15.2. The molecule has 0 spiro atoms. The molecule has 0 amide bonds. The number of nitrogens with zero attached hydrogens (tertiary/aromatic N) is 2. The normalized spacial score (nSPS) is 11.5. The van der Waals surface area contributed by atoms with E-state index in [2.05, 4.69) is 72.6 Å². The van der Waals surface area contributed by atoms with Crippen molar-refractivity contribution >= 4 is 39.4 Å². The fourth-order valence-electron chi connectivity index (χ4n) is 3.75. The number of aryl methyl sites for hydroxylation is 1. The van der Waals surface area contributed by atoms with Gasteiger partial charge in [0.15, 0.2) is 0 Å². The second-order valence-corrected chi connectivity index (χ2v) is 7.75. The van der Waals surface area contributed by atoms with Gasteiger partial charge in [-0.1, -0.05) is 67.6 Å². The molecule has 0 radical (unpaired) electrons. The van der Waals surface area contributed by atoms with E-state index in [1.165, 1.54) is 16.7 Å². The van der Waals surface area contributed by atoms with E-state index in [1.54, 1.807) is 0 Å².